The van der Waals surface area contributed by atoms with Crippen LogP contribution in [0.15, 0.2) is 34.0 Å². The van der Waals surface area contributed by atoms with Crippen molar-refractivity contribution in [2.24, 2.45) is 7.05 Å². The Morgan fingerprint density at radius 2 is 1.85 bits per heavy atom. The van der Waals surface area contributed by atoms with Crippen LogP contribution in [0.2, 0.25) is 0 Å². The highest BCUT2D eigenvalue weighted by Gasteiger charge is 2.36. The molecule has 0 atom stereocenters. The van der Waals surface area contributed by atoms with Crippen molar-refractivity contribution in [1.29, 1.82) is 0 Å². The first kappa shape index (κ1) is 17.4. The van der Waals surface area contributed by atoms with Gasteiger partial charge in [-0.2, -0.15) is 9.40 Å². The number of rotatable bonds is 4. The molecule has 0 bridgehead atoms. The maximum atomic E-state index is 13.4. The van der Waals surface area contributed by atoms with E-state index in [1.54, 1.807) is 11.6 Å². The van der Waals surface area contributed by atoms with Gasteiger partial charge in [-0.05, 0) is 43.9 Å². The normalized spacial score (nSPS) is 19.8. The third-order valence-electron chi connectivity index (χ3n) is 5.15. The van der Waals surface area contributed by atoms with Gasteiger partial charge in [-0.1, -0.05) is 6.07 Å². The minimum absolute atomic E-state index is 0.0341. The second-order valence-electron chi connectivity index (χ2n) is 7.00. The lowest BCUT2D eigenvalue weighted by atomic mass is 10.1. The molecule has 0 radical (unpaired) electrons. The van der Waals surface area contributed by atoms with E-state index in [2.05, 4.69) is 5.10 Å². The van der Waals surface area contributed by atoms with Crippen LogP contribution in [-0.2, 0) is 17.1 Å². The molecule has 2 fully saturated rings. The van der Waals surface area contributed by atoms with E-state index in [1.807, 2.05) is 0 Å². The molecule has 0 spiro atoms. The molecular weight excluding hydrogens is 359 g/mol. The first-order valence-corrected chi connectivity index (χ1v) is 10.2. The molecule has 1 aromatic heterocycles. The van der Waals surface area contributed by atoms with E-state index in [0.717, 1.165) is 24.7 Å². The number of aryl methyl sites for hydroxylation is 1. The molecule has 2 aromatic rings. The zero-order chi connectivity index (χ0) is 18.5. The number of sulfonamides is 1. The fourth-order valence-corrected chi connectivity index (χ4v) is 5.08. The van der Waals surface area contributed by atoms with Gasteiger partial charge in [0.1, 0.15) is 11.6 Å². The van der Waals surface area contributed by atoms with Crippen molar-refractivity contribution in [1.82, 2.24) is 18.7 Å². The van der Waals surface area contributed by atoms with E-state index in [1.165, 1.54) is 27.2 Å². The van der Waals surface area contributed by atoms with Crippen LogP contribution in [0.5, 0.6) is 0 Å². The van der Waals surface area contributed by atoms with Gasteiger partial charge in [0.25, 0.3) is 0 Å². The van der Waals surface area contributed by atoms with Crippen molar-refractivity contribution in [3.8, 4) is 0 Å². The van der Waals surface area contributed by atoms with E-state index in [4.69, 9.17) is 0 Å². The van der Waals surface area contributed by atoms with E-state index < -0.39 is 15.8 Å². The summed E-state index contributed by atoms with van der Waals surface area (Å²) in [4.78, 5) is 12.4. The molecule has 7 nitrogen and oxygen atoms in total. The summed E-state index contributed by atoms with van der Waals surface area (Å²) in [5.41, 5.74) is -0.140. The number of nitrogens with zero attached hydrogens (tertiary/aromatic N) is 4. The highest BCUT2D eigenvalue weighted by Crippen LogP contribution is 2.40. The zero-order valence-electron chi connectivity index (χ0n) is 14.5. The van der Waals surface area contributed by atoms with Crippen molar-refractivity contribution in [3.63, 3.8) is 0 Å². The van der Waals surface area contributed by atoms with Crippen molar-refractivity contribution in [2.45, 2.75) is 42.5 Å². The second kappa shape index (κ2) is 6.31. The molecule has 0 N–H and O–H groups in total. The lowest BCUT2D eigenvalue weighted by Gasteiger charge is -2.31. The molecule has 1 aliphatic carbocycles. The summed E-state index contributed by atoms with van der Waals surface area (Å²) < 4.78 is 43.3. The summed E-state index contributed by atoms with van der Waals surface area (Å²) in [6.07, 6.45) is 3.17. The first-order valence-electron chi connectivity index (χ1n) is 8.79. The third-order valence-corrected chi connectivity index (χ3v) is 7.04. The van der Waals surface area contributed by atoms with Crippen LogP contribution in [-0.4, -0.2) is 40.2 Å². The standard InChI is InChI=1S/C17H21FN4O3S/c1-20-17(23)22(16(19-20)12-5-6-12)14-7-9-21(10-8-14)26(24,25)15-4-2-3-13(18)11-15/h2-4,11-12,14H,5-10H2,1H3. The predicted molar refractivity (Wildman–Crippen MR) is 92.9 cm³/mol. The smallest absolute Gasteiger partial charge is 0.275 e. The Hall–Kier alpha value is -2.00. The molecule has 0 unspecified atom stereocenters. The van der Waals surface area contributed by atoms with Crippen LogP contribution in [0.25, 0.3) is 0 Å². The molecule has 1 aromatic carbocycles. The zero-order valence-corrected chi connectivity index (χ0v) is 15.3. The average Bonchev–Trinajstić information content (AvgIpc) is 3.42. The van der Waals surface area contributed by atoms with Crippen molar-refractivity contribution < 1.29 is 12.8 Å². The molecule has 2 heterocycles. The van der Waals surface area contributed by atoms with Gasteiger partial charge in [0.2, 0.25) is 10.0 Å². The van der Waals surface area contributed by atoms with Gasteiger partial charge in [0, 0.05) is 32.1 Å². The van der Waals surface area contributed by atoms with Crippen LogP contribution in [0.3, 0.4) is 0 Å². The van der Waals surface area contributed by atoms with Gasteiger partial charge in [-0.25, -0.2) is 22.3 Å². The Kier molecular flexibility index (Phi) is 4.23. The van der Waals surface area contributed by atoms with E-state index >= 15 is 0 Å². The van der Waals surface area contributed by atoms with Crippen LogP contribution in [0.4, 0.5) is 4.39 Å². The molecule has 2 aliphatic rings. The van der Waals surface area contributed by atoms with Crippen LogP contribution >= 0.6 is 0 Å². The predicted octanol–water partition coefficient (Wildman–Crippen LogP) is 1.62. The van der Waals surface area contributed by atoms with Gasteiger partial charge in [0.15, 0.2) is 0 Å². The Morgan fingerprint density at radius 3 is 2.46 bits per heavy atom. The fraction of sp³-hybridized carbons (Fsp3) is 0.529. The molecule has 9 heteroatoms. The van der Waals surface area contributed by atoms with Crippen molar-refractivity contribution in [2.75, 3.05) is 13.1 Å². The first-order chi connectivity index (χ1) is 12.4. The topological polar surface area (TPSA) is 77.2 Å². The minimum atomic E-state index is -3.72. The monoisotopic (exact) mass is 380 g/mol. The molecule has 1 saturated carbocycles. The Morgan fingerprint density at radius 1 is 1.15 bits per heavy atom. The van der Waals surface area contributed by atoms with Crippen LogP contribution in [0, 0.1) is 5.82 Å². The van der Waals surface area contributed by atoms with Gasteiger partial charge >= 0.3 is 5.69 Å². The van der Waals surface area contributed by atoms with Gasteiger partial charge in [0.05, 0.1) is 4.90 Å². The number of benzene rings is 1. The largest absolute Gasteiger partial charge is 0.345 e. The Bertz CT molecular complexity index is 986. The Labute approximate surface area is 151 Å². The molecule has 0 amide bonds. The third kappa shape index (κ3) is 2.99. The molecule has 1 aliphatic heterocycles. The fourth-order valence-electron chi connectivity index (χ4n) is 3.58. The van der Waals surface area contributed by atoms with E-state index in [-0.39, 0.29) is 16.6 Å². The van der Waals surface area contributed by atoms with Gasteiger partial charge < -0.3 is 0 Å². The molecule has 4 rings (SSSR count). The molecule has 26 heavy (non-hydrogen) atoms. The summed E-state index contributed by atoms with van der Waals surface area (Å²) in [5, 5.41) is 4.37. The maximum absolute atomic E-state index is 13.4. The number of piperidine rings is 1. The van der Waals surface area contributed by atoms with Gasteiger partial charge in [-0.15, -0.1) is 0 Å². The SMILES string of the molecule is Cn1nc(C2CC2)n(C2CCN(S(=O)(=O)c3cccc(F)c3)CC2)c1=O. The summed E-state index contributed by atoms with van der Waals surface area (Å²) >= 11 is 0. The summed E-state index contributed by atoms with van der Waals surface area (Å²) in [5.74, 6) is 0.596. The second-order valence-corrected chi connectivity index (χ2v) is 8.94. The molecular formula is C17H21FN4O3S. The molecule has 140 valence electrons. The quantitative estimate of drug-likeness (QED) is 0.808. The molecule has 1 saturated heterocycles. The van der Waals surface area contributed by atoms with Crippen molar-refractivity contribution >= 4 is 10.0 Å². The lowest BCUT2D eigenvalue weighted by Crippen LogP contribution is -2.41. The summed E-state index contributed by atoms with van der Waals surface area (Å²) in [6.45, 7) is 0.601. The average molecular weight is 380 g/mol. The van der Waals surface area contributed by atoms with Crippen molar-refractivity contribution in [3.05, 3.63) is 46.4 Å². The summed E-state index contributed by atoms with van der Waals surface area (Å²) in [6, 6.07) is 5.01. The number of hydrogen-bond donors (Lipinski definition) is 0. The lowest BCUT2D eigenvalue weighted by molar-refractivity contribution is 0.266. The van der Waals surface area contributed by atoms with Gasteiger partial charge in [-0.3, -0.25) is 4.57 Å². The maximum Gasteiger partial charge on any atom is 0.345 e. The highest BCUT2D eigenvalue weighted by molar-refractivity contribution is 7.89. The summed E-state index contributed by atoms with van der Waals surface area (Å²) in [7, 11) is -2.08. The van der Waals surface area contributed by atoms with E-state index in [0.29, 0.717) is 31.8 Å². The number of halogens is 1. The minimum Gasteiger partial charge on any atom is -0.275 e. The Balaban J connectivity index is 1.54. The van der Waals surface area contributed by atoms with Crippen LogP contribution in [0.1, 0.15) is 43.5 Å². The number of hydrogen-bond acceptors (Lipinski definition) is 4. The number of aromatic nitrogens is 3. The van der Waals surface area contributed by atoms with Crippen LogP contribution < -0.4 is 5.69 Å². The van der Waals surface area contributed by atoms with E-state index in [9.17, 15) is 17.6 Å². The highest BCUT2D eigenvalue weighted by atomic mass is 32.2.